The van der Waals surface area contributed by atoms with Crippen LogP contribution in [0.15, 0.2) is 218 Å². The Bertz CT molecular complexity index is 2160. The minimum Gasteiger partial charge on any atom is -0.310 e. The van der Waals surface area contributed by atoms with E-state index >= 15 is 0 Å². The number of hydrogen-bond acceptors (Lipinski definition) is 2. The summed E-state index contributed by atoms with van der Waals surface area (Å²) in [6, 6.07) is 77.8. The van der Waals surface area contributed by atoms with E-state index in [9.17, 15) is 0 Å². The van der Waals surface area contributed by atoms with Crippen LogP contribution in [0, 0.1) is 0 Å². The van der Waals surface area contributed by atoms with Crippen LogP contribution in [-0.2, 0) is 0 Å². The van der Waals surface area contributed by atoms with Gasteiger partial charge in [0, 0.05) is 34.1 Å². The normalized spacial score (nSPS) is 10.8. The lowest BCUT2D eigenvalue weighted by atomic mass is 10.0. The van der Waals surface area contributed by atoms with Crippen molar-refractivity contribution in [2.45, 2.75) is 0 Å². The first-order chi connectivity index (χ1) is 24.8. The molecule has 2 heteroatoms. The van der Waals surface area contributed by atoms with Crippen LogP contribution < -0.4 is 9.80 Å². The second-order valence-electron chi connectivity index (χ2n) is 12.3. The molecule has 50 heavy (non-hydrogen) atoms. The van der Waals surface area contributed by atoms with Gasteiger partial charge >= 0.3 is 0 Å². The number of anilines is 6. The fourth-order valence-corrected chi connectivity index (χ4v) is 6.61. The molecule has 2 nitrogen and oxygen atoms in total. The highest BCUT2D eigenvalue weighted by Gasteiger charge is 2.20. The number of benzene rings is 8. The van der Waals surface area contributed by atoms with E-state index < -0.39 is 0 Å². The Balaban J connectivity index is 1.36. The van der Waals surface area contributed by atoms with Crippen LogP contribution in [0.3, 0.4) is 0 Å². The SMILES string of the molecule is c1ccc(-c2cccc(N(c3ccccc3)c3cc(-c4ccccc4)cc(N(c4ccccc4)c4cccc(-c5ccccc5)c4)c3)c2)cc1. The van der Waals surface area contributed by atoms with Crippen molar-refractivity contribution in [1.82, 2.24) is 0 Å². The first-order valence-corrected chi connectivity index (χ1v) is 17.0. The van der Waals surface area contributed by atoms with Crippen LogP contribution in [0.5, 0.6) is 0 Å². The molecular weight excluding hydrogens is 605 g/mol. The van der Waals surface area contributed by atoms with Crippen molar-refractivity contribution >= 4 is 34.1 Å². The molecule has 0 aromatic heterocycles. The second kappa shape index (κ2) is 14.2. The zero-order chi connectivity index (χ0) is 33.5. The van der Waals surface area contributed by atoms with Crippen LogP contribution in [0.25, 0.3) is 33.4 Å². The standard InChI is InChI=1S/C48H36N2/c1-6-18-37(19-7-1)40-24-16-30-45(32-40)49(43-26-12-4-13-27-43)47-34-42(39-22-10-3-11-23-39)35-48(36-47)50(44-28-14-5-15-29-44)46-31-17-25-41(33-46)38-20-8-2-9-21-38/h1-36H. The summed E-state index contributed by atoms with van der Waals surface area (Å²) < 4.78 is 0. The topological polar surface area (TPSA) is 6.48 Å². The smallest absolute Gasteiger partial charge is 0.0488 e. The van der Waals surface area contributed by atoms with Crippen molar-refractivity contribution < 1.29 is 0 Å². The van der Waals surface area contributed by atoms with E-state index in [4.69, 9.17) is 0 Å². The van der Waals surface area contributed by atoms with Gasteiger partial charge in [-0.2, -0.15) is 0 Å². The van der Waals surface area contributed by atoms with Crippen LogP contribution in [0.1, 0.15) is 0 Å². The minimum absolute atomic E-state index is 1.07. The summed E-state index contributed by atoms with van der Waals surface area (Å²) >= 11 is 0. The van der Waals surface area contributed by atoms with E-state index in [-0.39, 0.29) is 0 Å². The molecule has 0 N–H and O–H groups in total. The summed E-state index contributed by atoms with van der Waals surface area (Å²) in [5, 5.41) is 0. The molecule has 8 aromatic rings. The van der Waals surface area contributed by atoms with Gasteiger partial charge in [-0.05, 0) is 100 Å². The number of para-hydroxylation sites is 2. The van der Waals surface area contributed by atoms with Crippen molar-refractivity contribution in [2.75, 3.05) is 9.80 Å². The molecular formula is C48H36N2. The van der Waals surface area contributed by atoms with Crippen molar-refractivity contribution in [1.29, 1.82) is 0 Å². The molecule has 0 radical (unpaired) electrons. The largest absolute Gasteiger partial charge is 0.310 e. The van der Waals surface area contributed by atoms with E-state index in [2.05, 4.69) is 228 Å². The van der Waals surface area contributed by atoms with Gasteiger partial charge in [0.1, 0.15) is 0 Å². The maximum Gasteiger partial charge on any atom is 0.0488 e. The molecule has 0 unspecified atom stereocenters. The van der Waals surface area contributed by atoms with Gasteiger partial charge in [0.25, 0.3) is 0 Å². The monoisotopic (exact) mass is 640 g/mol. The van der Waals surface area contributed by atoms with E-state index in [1.54, 1.807) is 0 Å². The summed E-state index contributed by atoms with van der Waals surface area (Å²) in [6.45, 7) is 0. The summed E-state index contributed by atoms with van der Waals surface area (Å²) in [7, 11) is 0. The molecule has 238 valence electrons. The summed E-state index contributed by atoms with van der Waals surface area (Å²) in [5.74, 6) is 0. The molecule has 0 aliphatic carbocycles. The predicted octanol–water partition coefficient (Wildman–Crippen LogP) is 13.6. The highest BCUT2D eigenvalue weighted by atomic mass is 15.2. The van der Waals surface area contributed by atoms with Crippen molar-refractivity contribution in [3.05, 3.63) is 218 Å². The van der Waals surface area contributed by atoms with Gasteiger partial charge < -0.3 is 9.80 Å². The van der Waals surface area contributed by atoms with Crippen molar-refractivity contribution in [3.8, 4) is 33.4 Å². The molecule has 0 aliphatic rings. The van der Waals surface area contributed by atoms with Gasteiger partial charge in [-0.1, -0.05) is 152 Å². The molecule has 0 bridgehead atoms. The number of hydrogen-bond donors (Lipinski definition) is 0. The van der Waals surface area contributed by atoms with Gasteiger partial charge in [-0.3, -0.25) is 0 Å². The molecule has 0 spiro atoms. The Morgan fingerprint density at radius 2 is 0.460 bits per heavy atom. The number of nitrogens with zero attached hydrogens (tertiary/aromatic N) is 2. The van der Waals surface area contributed by atoms with Gasteiger partial charge in [0.2, 0.25) is 0 Å². The van der Waals surface area contributed by atoms with Gasteiger partial charge in [-0.25, -0.2) is 0 Å². The Morgan fingerprint density at radius 3 is 0.840 bits per heavy atom. The summed E-state index contributed by atoms with van der Waals surface area (Å²) in [6.07, 6.45) is 0. The molecule has 0 saturated carbocycles. The van der Waals surface area contributed by atoms with Crippen LogP contribution in [0.2, 0.25) is 0 Å². The van der Waals surface area contributed by atoms with Crippen LogP contribution in [0.4, 0.5) is 34.1 Å². The Labute approximate surface area is 294 Å². The van der Waals surface area contributed by atoms with E-state index in [1.165, 1.54) is 22.3 Å². The second-order valence-corrected chi connectivity index (χ2v) is 12.3. The third-order valence-electron chi connectivity index (χ3n) is 8.98. The van der Waals surface area contributed by atoms with Crippen LogP contribution in [-0.4, -0.2) is 0 Å². The van der Waals surface area contributed by atoms with E-state index in [0.29, 0.717) is 0 Å². The molecule has 0 saturated heterocycles. The molecule has 0 amide bonds. The highest BCUT2D eigenvalue weighted by Crippen LogP contribution is 2.44. The predicted molar refractivity (Wildman–Crippen MR) is 212 cm³/mol. The summed E-state index contributed by atoms with van der Waals surface area (Å²) in [5.41, 5.74) is 13.5. The minimum atomic E-state index is 1.07. The van der Waals surface area contributed by atoms with Gasteiger partial charge in [0.15, 0.2) is 0 Å². The third-order valence-corrected chi connectivity index (χ3v) is 8.98. The highest BCUT2D eigenvalue weighted by molar-refractivity contribution is 5.88. The Hall–Kier alpha value is -6.64. The quantitative estimate of drug-likeness (QED) is 0.155. The number of rotatable bonds is 9. The van der Waals surface area contributed by atoms with Gasteiger partial charge in [0.05, 0.1) is 0 Å². The zero-order valence-electron chi connectivity index (χ0n) is 27.7. The Kier molecular flexibility index (Phi) is 8.73. The maximum atomic E-state index is 2.37. The molecule has 0 atom stereocenters. The lowest BCUT2D eigenvalue weighted by Gasteiger charge is -2.30. The fourth-order valence-electron chi connectivity index (χ4n) is 6.61. The molecule has 0 fully saturated rings. The average Bonchev–Trinajstić information content (AvgIpc) is 3.20. The van der Waals surface area contributed by atoms with Crippen molar-refractivity contribution in [2.24, 2.45) is 0 Å². The van der Waals surface area contributed by atoms with E-state index in [0.717, 1.165) is 45.3 Å². The average molecular weight is 641 g/mol. The fraction of sp³-hybridized carbons (Fsp3) is 0. The maximum absolute atomic E-state index is 2.37. The molecule has 8 aromatic carbocycles. The van der Waals surface area contributed by atoms with Gasteiger partial charge in [-0.15, -0.1) is 0 Å². The lowest BCUT2D eigenvalue weighted by molar-refractivity contribution is 1.25. The summed E-state index contributed by atoms with van der Waals surface area (Å²) in [4.78, 5) is 4.73. The molecule has 8 rings (SSSR count). The van der Waals surface area contributed by atoms with Crippen molar-refractivity contribution in [3.63, 3.8) is 0 Å². The zero-order valence-corrected chi connectivity index (χ0v) is 27.7. The third kappa shape index (κ3) is 6.56. The Morgan fingerprint density at radius 1 is 0.180 bits per heavy atom. The lowest BCUT2D eigenvalue weighted by Crippen LogP contribution is -2.13. The van der Waals surface area contributed by atoms with Crippen LogP contribution >= 0.6 is 0 Å². The molecule has 0 aliphatic heterocycles. The van der Waals surface area contributed by atoms with E-state index in [1.807, 2.05) is 0 Å². The first kappa shape index (κ1) is 30.7. The first-order valence-electron chi connectivity index (χ1n) is 17.0. The molecule has 0 heterocycles.